The van der Waals surface area contributed by atoms with E-state index in [4.69, 9.17) is 0 Å². The first-order chi connectivity index (χ1) is 21.6. The van der Waals surface area contributed by atoms with Gasteiger partial charge in [0.15, 0.2) is 23.1 Å². The van der Waals surface area contributed by atoms with Gasteiger partial charge in [-0.2, -0.15) is 0 Å². The molecule has 2 bridgehead atoms. The highest BCUT2D eigenvalue weighted by Crippen LogP contribution is 2.63. The molecule has 8 rings (SSSR count). The monoisotopic (exact) mass is 574 g/mol. The molecular weight excluding hydrogens is 544 g/mol. The van der Waals surface area contributed by atoms with E-state index in [0.717, 1.165) is 11.1 Å². The van der Waals surface area contributed by atoms with Crippen LogP contribution in [0.1, 0.15) is 64.4 Å². The molecule has 4 heteroatoms. The molecule has 5 aromatic carbocycles. The molecule has 0 saturated heterocycles. The van der Waals surface area contributed by atoms with Gasteiger partial charge in [-0.3, -0.25) is 19.2 Å². The second-order valence-corrected chi connectivity index (χ2v) is 11.7. The third-order valence-electron chi connectivity index (χ3n) is 9.48. The highest BCUT2D eigenvalue weighted by atomic mass is 16.1. The second kappa shape index (κ2) is 11.5. The van der Waals surface area contributed by atoms with Crippen LogP contribution in [0, 0.1) is 23.7 Å². The van der Waals surface area contributed by atoms with Gasteiger partial charge in [-0.15, -0.1) is 0 Å². The van der Waals surface area contributed by atoms with E-state index in [-0.39, 0.29) is 23.1 Å². The zero-order valence-corrected chi connectivity index (χ0v) is 24.0. The lowest BCUT2D eigenvalue weighted by Crippen LogP contribution is -2.57. The molecule has 0 radical (unpaired) electrons. The van der Waals surface area contributed by atoms with Crippen LogP contribution in [0.2, 0.25) is 0 Å². The second-order valence-electron chi connectivity index (χ2n) is 11.7. The number of Topliss-reactive ketones (excluding diaryl/α,β-unsaturated/α-hetero) is 4. The molecule has 0 aliphatic heterocycles. The average Bonchev–Trinajstić information content (AvgIpc) is 3.11. The Kier molecular flexibility index (Phi) is 7.19. The van der Waals surface area contributed by atoms with E-state index in [1.807, 2.05) is 97.1 Å². The van der Waals surface area contributed by atoms with Crippen molar-refractivity contribution in [2.45, 2.75) is 11.8 Å². The van der Waals surface area contributed by atoms with Crippen molar-refractivity contribution in [1.82, 2.24) is 0 Å². The Labute approximate surface area is 256 Å². The lowest BCUT2D eigenvalue weighted by Gasteiger charge is -2.55. The zero-order chi connectivity index (χ0) is 30.2. The fourth-order valence-corrected chi connectivity index (χ4v) is 7.72. The molecule has 3 aliphatic rings. The number of rotatable bonds is 8. The molecule has 1 saturated carbocycles. The Hall–Kier alpha value is -5.22. The number of hydrogen-bond donors (Lipinski definition) is 0. The number of ketones is 4. The first-order valence-corrected chi connectivity index (χ1v) is 15.0. The van der Waals surface area contributed by atoms with Gasteiger partial charge in [0.2, 0.25) is 0 Å². The lowest BCUT2D eigenvalue weighted by molar-refractivity contribution is 0.0260. The molecule has 214 valence electrons. The van der Waals surface area contributed by atoms with E-state index < -0.39 is 35.5 Å². The summed E-state index contributed by atoms with van der Waals surface area (Å²) in [7, 11) is 0. The van der Waals surface area contributed by atoms with Gasteiger partial charge in [0.05, 0.1) is 0 Å². The molecule has 44 heavy (non-hydrogen) atoms. The fourth-order valence-electron chi connectivity index (χ4n) is 7.72. The first kappa shape index (κ1) is 27.6. The van der Waals surface area contributed by atoms with Gasteiger partial charge in [-0.05, 0) is 11.1 Å². The minimum Gasteiger partial charge on any atom is -0.294 e. The molecule has 3 aliphatic carbocycles. The summed E-state index contributed by atoms with van der Waals surface area (Å²) in [5.41, 5.74) is 3.71. The van der Waals surface area contributed by atoms with E-state index >= 15 is 0 Å². The quantitative estimate of drug-likeness (QED) is 0.177. The predicted octanol–water partition coefficient (Wildman–Crippen LogP) is 7.88. The molecule has 0 heterocycles. The van der Waals surface area contributed by atoms with Gasteiger partial charge in [0.1, 0.15) is 0 Å². The number of fused-ring (bicyclic) bond motifs is 2. The largest absolute Gasteiger partial charge is 0.294 e. The molecular formula is C40H30O4. The maximum atomic E-state index is 14.6. The van der Waals surface area contributed by atoms with Crippen molar-refractivity contribution in [2.75, 3.05) is 0 Å². The summed E-state index contributed by atoms with van der Waals surface area (Å²) in [5.74, 6) is -5.39. The average molecular weight is 575 g/mol. The third-order valence-corrected chi connectivity index (χ3v) is 9.48. The van der Waals surface area contributed by atoms with Crippen molar-refractivity contribution >= 4 is 23.1 Å². The standard InChI is InChI=1S/C40H30O4/c41-37(25-15-5-1-6-16-25)33-31-29-23-13-14-24-30(29)32(34(33)38(42)26-17-7-2-8-18-26)36(40(44)28-21-11-4-12-22-28)35(31)39(43)27-19-9-3-10-20-27/h1-24,31-36H/t31?,32?,33-,34-,35-,36-/m0/s1. The Morgan fingerprint density at radius 3 is 0.727 bits per heavy atom. The van der Waals surface area contributed by atoms with Crippen LogP contribution in [0.15, 0.2) is 146 Å². The van der Waals surface area contributed by atoms with Crippen LogP contribution < -0.4 is 0 Å². The van der Waals surface area contributed by atoms with Crippen molar-refractivity contribution in [1.29, 1.82) is 0 Å². The van der Waals surface area contributed by atoms with Crippen molar-refractivity contribution in [2.24, 2.45) is 23.7 Å². The van der Waals surface area contributed by atoms with Gasteiger partial charge in [-0.1, -0.05) is 146 Å². The van der Waals surface area contributed by atoms with Crippen molar-refractivity contribution in [3.63, 3.8) is 0 Å². The van der Waals surface area contributed by atoms with Gasteiger partial charge in [0.25, 0.3) is 0 Å². The van der Waals surface area contributed by atoms with Crippen LogP contribution >= 0.6 is 0 Å². The van der Waals surface area contributed by atoms with Crippen LogP contribution in [-0.4, -0.2) is 23.1 Å². The summed E-state index contributed by atoms with van der Waals surface area (Å²) >= 11 is 0. The number of carbonyl (C=O) groups is 4. The highest BCUT2D eigenvalue weighted by molar-refractivity contribution is 6.11. The smallest absolute Gasteiger partial charge is 0.167 e. The van der Waals surface area contributed by atoms with Crippen molar-refractivity contribution < 1.29 is 19.2 Å². The molecule has 0 unspecified atom stereocenters. The SMILES string of the molecule is O=C(c1ccccc1)[C@H]1C2c3ccccc3C([C@@H]1C(=O)c1ccccc1)[C@H](C(=O)c1ccccc1)[C@H]2C(=O)c1ccccc1. The zero-order valence-electron chi connectivity index (χ0n) is 24.0. The summed E-state index contributed by atoms with van der Waals surface area (Å²) < 4.78 is 0. The number of hydrogen-bond acceptors (Lipinski definition) is 4. The normalized spacial score (nSPS) is 23.4. The molecule has 4 nitrogen and oxygen atoms in total. The van der Waals surface area contributed by atoms with Crippen LogP contribution in [0.25, 0.3) is 0 Å². The fraction of sp³-hybridized carbons (Fsp3) is 0.150. The number of benzene rings is 5. The molecule has 0 spiro atoms. The summed E-state index contributed by atoms with van der Waals surface area (Å²) in [6.07, 6.45) is 0. The maximum Gasteiger partial charge on any atom is 0.167 e. The third kappa shape index (κ3) is 4.55. The minimum atomic E-state index is -0.831. The lowest BCUT2D eigenvalue weighted by atomic mass is 9.44. The van der Waals surface area contributed by atoms with E-state index in [1.165, 1.54) is 0 Å². The Balaban J connectivity index is 1.50. The van der Waals surface area contributed by atoms with Crippen LogP contribution in [0.3, 0.4) is 0 Å². The predicted molar refractivity (Wildman–Crippen MR) is 169 cm³/mol. The van der Waals surface area contributed by atoms with Gasteiger partial charge >= 0.3 is 0 Å². The summed E-state index contributed by atoms with van der Waals surface area (Å²) in [5, 5.41) is 0. The number of carbonyl (C=O) groups excluding carboxylic acids is 4. The van der Waals surface area contributed by atoms with E-state index in [0.29, 0.717) is 22.3 Å². The van der Waals surface area contributed by atoms with E-state index in [2.05, 4.69) is 0 Å². The highest BCUT2D eigenvalue weighted by Gasteiger charge is 2.63. The topological polar surface area (TPSA) is 68.3 Å². The summed E-state index contributed by atoms with van der Waals surface area (Å²) in [4.78, 5) is 58.6. The van der Waals surface area contributed by atoms with Gasteiger partial charge in [0, 0.05) is 57.8 Å². The molecule has 0 N–H and O–H groups in total. The first-order valence-electron chi connectivity index (χ1n) is 15.0. The molecule has 4 atom stereocenters. The van der Waals surface area contributed by atoms with E-state index in [1.54, 1.807) is 48.5 Å². The van der Waals surface area contributed by atoms with E-state index in [9.17, 15) is 19.2 Å². The van der Waals surface area contributed by atoms with Crippen molar-refractivity contribution in [3.05, 3.63) is 179 Å². The van der Waals surface area contributed by atoms with Crippen LogP contribution in [-0.2, 0) is 0 Å². The Morgan fingerprint density at radius 1 is 0.295 bits per heavy atom. The molecule has 0 amide bonds. The van der Waals surface area contributed by atoms with Crippen LogP contribution in [0.5, 0.6) is 0 Å². The van der Waals surface area contributed by atoms with Crippen LogP contribution in [0.4, 0.5) is 0 Å². The van der Waals surface area contributed by atoms with Gasteiger partial charge in [-0.25, -0.2) is 0 Å². The Bertz CT molecular complexity index is 1590. The van der Waals surface area contributed by atoms with Crippen molar-refractivity contribution in [3.8, 4) is 0 Å². The molecule has 0 aromatic heterocycles. The maximum absolute atomic E-state index is 14.6. The minimum absolute atomic E-state index is 0.180. The van der Waals surface area contributed by atoms with Gasteiger partial charge < -0.3 is 0 Å². The molecule has 5 aromatic rings. The summed E-state index contributed by atoms with van der Waals surface area (Å²) in [6, 6.07) is 43.8. The summed E-state index contributed by atoms with van der Waals surface area (Å²) in [6.45, 7) is 0. The Morgan fingerprint density at radius 2 is 0.500 bits per heavy atom. The molecule has 1 fully saturated rings.